The molecule has 0 radical (unpaired) electrons. The van der Waals surface area contributed by atoms with E-state index in [4.69, 9.17) is 11.6 Å². The van der Waals surface area contributed by atoms with Crippen molar-refractivity contribution in [3.63, 3.8) is 0 Å². The molecule has 2 aliphatic rings. The molecule has 1 saturated heterocycles. The number of rotatable bonds is 2. The summed E-state index contributed by atoms with van der Waals surface area (Å²) in [5, 5.41) is 4.28. The first-order valence-electron chi connectivity index (χ1n) is 6.75. The third-order valence-corrected chi connectivity index (χ3v) is 4.32. The van der Waals surface area contributed by atoms with Crippen LogP contribution in [0.25, 0.3) is 0 Å². The molecule has 0 spiro atoms. The quantitative estimate of drug-likeness (QED) is 0.825. The van der Waals surface area contributed by atoms with Gasteiger partial charge in [-0.25, -0.2) is 19.2 Å². The minimum atomic E-state index is -0.653. The molecular weight excluding hydrogens is 283 g/mol. The van der Waals surface area contributed by atoms with Crippen LogP contribution in [0.1, 0.15) is 19.3 Å². The van der Waals surface area contributed by atoms with Crippen molar-refractivity contribution in [1.29, 1.82) is 0 Å². The Morgan fingerprint density at radius 1 is 1.40 bits per heavy atom. The number of pyridine rings is 1. The summed E-state index contributed by atoms with van der Waals surface area (Å²) in [6.07, 6.45) is 5.11. The minimum absolute atomic E-state index is 0.205. The highest BCUT2D eigenvalue weighted by molar-refractivity contribution is 6.29. The second-order valence-electron chi connectivity index (χ2n) is 5.42. The zero-order valence-corrected chi connectivity index (χ0v) is 11.7. The number of hydrogen-bond donors (Lipinski definition) is 2. The van der Waals surface area contributed by atoms with Crippen LogP contribution in [0.15, 0.2) is 12.3 Å². The molecule has 2 N–H and O–H groups in total. The van der Waals surface area contributed by atoms with Crippen molar-refractivity contribution >= 4 is 23.3 Å². The summed E-state index contributed by atoms with van der Waals surface area (Å²) in [6, 6.07) is 0.765. The Hall–Kier alpha value is -1.40. The maximum Gasteiger partial charge on any atom is 0.333 e. The van der Waals surface area contributed by atoms with Gasteiger partial charge in [-0.1, -0.05) is 18.0 Å². The summed E-state index contributed by atoms with van der Waals surface area (Å²) < 4.78 is 13.2. The van der Waals surface area contributed by atoms with Crippen LogP contribution in [0.3, 0.4) is 0 Å². The monoisotopic (exact) mass is 298 g/mol. The molecule has 108 valence electrons. The van der Waals surface area contributed by atoms with Crippen LogP contribution in [0.2, 0.25) is 5.15 Å². The van der Waals surface area contributed by atoms with Crippen molar-refractivity contribution in [2.45, 2.75) is 19.3 Å². The lowest BCUT2D eigenvalue weighted by atomic mass is 10.0. The molecule has 1 aromatic heterocycles. The van der Waals surface area contributed by atoms with Crippen molar-refractivity contribution in [1.82, 2.24) is 15.4 Å². The number of carbonyl (C=O) groups is 1. The maximum absolute atomic E-state index is 13.2. The molecule has 2 unspecified atom stereocenters. The first-order chi connectivity index (χ1) is 9.61. The van der Waals surface area contributed by atoms with Gasteiger partial charge in [0.05, 0.1) is 11.9 Å². The Morgan fingerprint density at radius 2 is 2.10 bits per heavy atom. The number of anilines is 1. The van der Waals surface area contributed by atoms with E-state index in [2.05, 4.69) is 15.7 Å². The first kappa shape index (κ1) is 13.6. The van der Waals surface area contributed by atoms with Gasteiger partial charge in [-0.3, -0.25) is 5.43 Å². The molecule has 20 heavy (non-hydrogen) atoms. The van der Waals surface area contributed by atoms with Gasteiger partial charge in [0.25, 0.3) is 0 Å². The Kier molecular flexibility index (Phi) is 3.76. The molecule has 2 fully saturated rings. The number of nitrogens with zero attached hydrogens (tertiary/aromatic N) is 2. The summed E-state index contributed by atoms with van der Waals surface area (Å²) >= 11 is 5.49. The maximum atomic E-state index is 13.2. The van der Waals surface area contributed by atoms with E-state index in [-0.39, 0.29) is 16.9 Å². The fraction of sp³-hybridized carbons (Fsp3) is 0.538. The van der Waals surface area contributed by atoms with Crippen molar-refractivity contribution < 1.29 is 9.18 Å². The van der Waals surface area contributed by atoms with Gasteiger partial charge in [0, 0.05) is 19.2 Å². The molecule has 2 heterocycles. The number of fused-ring (bicyclic) bond motifs is 1. The normalized spacial score (nSPS) is 25.5. The summed E-state index contributed by atoms with van der Waals surface area (Å²) in [5.41, 5.74) is 3.07. The van der Waals surface area contributed by atoms with Crippen LogP contribution < -0.4 is 10.7 Å². The highest BCUT2D eigenvalue weighted by atomic mass is 35.5. The van der Waals surface area contributed by atoms with Crippen molar-refractivity contribution in [2.75, 3.05) is 18.4 Å². The van der Waals surface area contributed by atoms with Gasteiger partial charge >= 0.3 is 6.03 Å². The largest absolute Gasteiger partial charge is 0.333 e. The molecule has 2 amide bonds. The van der Waals surface area contributed by atoms with E-state index in [0.717, 1.165) is 19.2 Å². The van der Waals surface area contributed by atoms with E-state index in [1.807, 2.05) is 5.01 Å². The summed E-state index contributed by atoms with van der Waals surface area (Å²) in [4.78, 5) is 15.5. The number of amides is 2. The smallest absolute Gasteiger partial charge is 0.305 e. The number of halogens is 2. The number of hydrogen-bond acceptors (Lipinski definition) is 3. The summed E-state index contributed by atoms with van der Waals surface area (Å²) in [5.74, 6) is 0.745. The number of urea groups is 1. The molecule has 0 aromatic carbocycles. The average Bonchev–Trinajstić information content (AvgIpc) is 2.94. The predicted octanol–water partition coefficient (Wildman–Crippen LogP) is 2.64. The Bertz CT molecular complexity index is 515. The standard InChI is InChI=1S/C13H16ClFN4O/c14-12-11(15)4-10(5-16-12)17-13(20)18-19-6-8-2-1-3-9(8)7-19/h4-5,8-9H,1-3,6-7H2,(H2,17,18,20). The van der Waals surface area contributed by atoms with E-state index < -0.39 is 5.82 Å². The minimum Gasteiger partial charge on any atom is -0.305 e. The molecule has 1 aliphatic carbocycles. The lowest BCUT2D eigenvalue weighted by Gasteiger charge is -2.18. The predicted molar refractivity (Wildman–Crippen MR) is 73.8 cm³/mol. The fourth-order valence-electron chi connectivity index (χ4n) is 3.12. The second kappa shape index (κ2) is 5.54. The highest BCUT2D eigenvalue weighted by Crippen LogP contribution is 2.36. The Labute approximate surface area is 121 Å². The molecule has 2 atom stereocenters. The zero-order valence-electron chi connectivity index (χ0n) is 10.9. The van der Waals surface area contributed by atoms with Crippen molar-refractivity contribution in [3.05, 3.63) is 23.2 Å². The Morgan fingerprint density at radius 3 is 2.75 bits per heavy atom. The third-order valence-electron chi connectivity index (χ3n) is 4.04. The van der Waals surface area contributed by atoms with Crippen LogP contribution >= 0.6 is 11.6 Å². The number of carbonyl (C=O) groups excluding carboxylic acids is 1. The average molecular weight is 299 g/mol. The molecular formula is C13H16ClFN4O. The SMILES string of the molecule is O=C(Nc1cnc(Cl)c(F)c1)NN1CC2CCCC2C1. The number of hydrazine groups is 1. The molecule has 1 aliphatic heterocycles. The van der Waals surface area contributed by atoms with Gasteiger partial charge in [0.2, 0.25) is 0 Å². The summed E-state index contributed by atoms with van der Waals surface area (Å²) in [6.45, 7) is 1.79. The van der Waals surface area contributed by atoms with Crippen LogP contribution in [0.4, 0.5) is 14.9 Å². The van der Waals surface area contributed by atoms with E-state index in [1.165, 1.54) is 25.5 Å². The van der Waals surface area contributed by atoms with Gasteiger partial charge in [0.15, 0.2) is 11.0 Å². The van der Waals surface area contributed by atoms with Gasteiger partial charge in [-0.05, 0) is 24.7 Å². The van der Waals surface area contributed by atoms with Gasteiger partial charge in [0.1, 0.15) is 0 Å². The molecule has 1 aromatic rings. The van der Waals surface area contributed by atoms with Crippen LogP contribution in [0.5, 0.6) is 0 Å². The van der Waals surface area contributed by atoms with Gasteiger partial charge < -0.3 is 5.32 Å². The fourth-order valence-corrected chi connectivity index (χ4v) is 3.22. The zero-order chi connectivity index (χ0) is 14.1. The topological polar surface area (TPSA) is 57.3 Å². The molecule has 0 bridgehead atoms. The lowest BCUT2D eigenvalue weighted by molar-refractivity contribution is 0.201. The van der Waals surface area contributed by atoms with Gasteiger partial charge in [-0.2, -0.15) is 0 Å². The molecule has 5 nitrogen and oxygen atoms in total. The second-order valence-corrected chi connectivity index (χ2v) is 5.78. The first-order valence-corrected chi connectivity index (χ1v) is 7.13. The van der Waals surface area contributed by atoms with Crippen LogP contribution in [-0.2, 0) is 0 Å². The summed E-state index contributed by atoms with van der Waals surface area (Å²) in [7, 11) is 0. The van der Waals surface area contributed by atoms with Crippen LogP contribution in [-0.4, -0.2) is 29.1 Å². The van der Waals surface area contributed by atoms with E-state index in [1.54, 1.807) is 0 Å². The lowest BCUT2D eigenvalue weighted by Crippen LogP contribution is -2.43. The van der Waals surface area contributed by atoms with Crippen molar-refractivity contribution in [3.8, 4) is 0 Å². The van der Waals surface area contributed by atoms with E-state index >= 15 is 0 Å². The van der Waals surface area contributed by atoms with Gasteiger partial charge in [-0.15, -0.1) is 0 Å². The highest BCUT2D eigenvalue weighted by Gasteiger charge is 2.36. The number of aromatic nitrogens is 1. The molecule has 1 saturated carbocycles. The number of nitrogens with one attached hydrogen (secondary N) is 2. The molecule has 7 heteroatoms. The molecule has 3 rings (SSSR count). The van der Waals surface area contributed by atoms with Crippen molar-refractivity contribution in [2.24, 2.45) is 11.8 Å². The van der Waals surface area contributed by atoms with E-state index in [9.17, 15) is 9.18 Å². The van der Waals surface area contributed by atoms with Crippen LogP contribution in [0, 0.1) is 17.7 Å². The van der Waals surface area contributed by atoms with E-state index in [0.29, 0.717) is 11.8 Å². The third kappa shape index (κ3) is 2.86. The Balaban J connectivity index is 1.53.